The van der Waals surface area contributed by atoms with Gasteiger partial charge in [-0.1, -0.05) is 60.2 Å². The number of fused-ring (bicyclic) bond motifs is 1. The molecule has 0 aliphatic heterocycles. The van der Waals surface area contributed by atoms with Crippen LogP contribution in [-0.2, 0) is 0 Å². The lowest BCUT2D eigenvalue weighted by molar-refractivity contribution is 0.592. The van der Waals surface area contributed by atoms with Gasteiger partial charge in [0, 0.05) is 22.9 Å². The summed E-state index contributed by atoms with van der Waals surface area (Å²) in [5.41, 5.74) is 9.10. The second kappa shape index (κ2) is 7.20. The monoisotopic (exact) mass is 369 g/mol. The molecule has 28 heavy (non-hydrogen) atoms. The fourth-order valence-corrected chi connectivity index (χ4v) is 4.00. The number of nitrogens with zero attached hydrogens (tertiary/aromatic N) is 1. The van der Waals surface area contributed by atoms with E-state index in [-0.39, 0.29) is 5.83 Å². The van der Waals surface area contributed by atoms with E-state index in [1.807, 2.05) is 43.3 Å². The Hall–Kier alpha value is -3.00. The van der Waals surface area contributed by atoms with E-state index >= 15 is 0 Å². The number of hydrogen-bond donors (Lipinski definition) is 0. The number of aryl methyl sites for hydroxylation is 1. The highest BCUT2D eigenvalue weighted by molar-refractivity contribution is 5.95. The minimum atomic E-state index is -0.0322. The fourth-order valence-electron chi connectivity index (χ4n) is 4.00. The molecule has 1 nitrogen and oxygen atoms in total. The molecule has 140 valence electrons. The van der Waals surface area contributed by atoms with Gasteiger partial charge < -0.3 is 0 Å². The Morgan fingerprint density at radius 1 is 1.04 bits per heavy atom. The van der Waals surface area contributed by atoms with Gasteiger partial charge in [-0.05, 0) is 56.0 Å². The predicted molar refractivity (Wildman–Crippen MR) is 118 cm³/mol. The molecule has 0 fully saturated rings. The fraction of sp³-hybridized carbons (Fsp3) is 0.192. The van der Waals surface area contributed by atoms with Crippen LogP contribution in [0.15, 0.2) is 67.0 Å². The summed E-state index contributed by atoms with van der Waals surface area (Å²) in [5.74, 6) is -0.0322. The molecule has 1 heterocycles. The number of hydrogen-bond acceptors (Lipinski definition) is 1. The van der Waals surface area contributed by atoms with Crippen LogP contribution >= 0.6 is 0 Å². The maximum atomic E-state index is 14.2. The van der Waals surface area contributed by atoms with E-state index in [2.05, 4.69) is 38.6 Å². The van der Waals surface area contributed by atoms with E-state index in [0.717, 1.165) is 50.8 Å². The molecule has 1 aromatic heterocycles. The lowest BCUT2D eigenvalue weighted by Gasteiger charge is -2.16. The van der Waals surface area contributed by atoms with Crippen molar-refractivity contribution in [1.29, 1.82) is 0 Å². The molecular weight excluding hydrogens is 345 g/mol. The molecular formula is C26H24FN. The van der Waals surface area contributed by atoms with Crippen LogP contribution in [-0.4, -0.2) is 4.98 Å². The number of rotatable bonds is 3. The first kappa shape index (κ1) is 18.4. The molecule has 3 aromatic rings. The van der Waals surface area contributed by atoms with Crippen LogP contribution in [0.25, 0.3) is 33.3 Å². The first-order chi connectivity index (χ1) is 13.5. The summed E-state index contributed by atoms with van der Waals surface area (Å²) in [5, 5.41) is 1.14. The maximum Gasteiger partial charge on any atom is 0.108 e. The van der Waals surface area contributed by atoms with Gasteiger partial charge in [0.25, 0.3) is 0 Å². The zero-order valence-corrected chi connectivity index (χ0v) is 16.6. The lowest BCUT2D eigenvalue weighted by Crippen LogP contribution is -1.97. The largest absolute Gasteiger partial charge is 0.247 e. The third-order valence-electron chi connectivity index (χ3n) is 5.39. The molecule has 0 radical (unpaired) electrons. The highest BCUT2D eigenvalue weighted by atomic mass is 19.1. The molecule has 0 spiro atoms. The van der Waals surface area contributed by atoms with E-state index in [1.165, 1.54) is 5.56 Å². The molecule has 0 unspecified atom stereocenters. The first-order valence-corrected chi connectivity index (χ1v) is 9.68. The Morgan fingerprint density at radius 2 is 1.75 bits per heavy atom. The predicted octanol–water partition coefficient (Wildman–Crippen LogP) is 7.58. The number of pyridine rings is 1. The van der Waals surface area contributed by atoms with Gasteiger partial charge in [-0.15, -0.1) is 0 Å². The normalized spacial score (nSPS) is 14.0. The van der Waals surface area contributed by atoms with Crippen molar-refractivity contribution in [3.63, 3.8) is 0 Å². The van der Waals surface area contributed by atoms with Gasteiger partial charge in [-0.2, -0.15) is 0 Å². The van der Waals surface area contributed by atoms with Gasteiger partial charge in [0.2, 0.25) is 0 Å². The molecule has 4 rings (SSSR count). The topological polar surface area (TPSA) is 12.9 Å². The van der Waals surface area contributed by atoms with Crippen LogP contribution < -0.4 is 0 Å². The Morgan fingerprint density at radius 3 is 2.43 bits per heavy atom. The van der Waals surface area contributed by atoms with E-state index in [9.17, 15) is 4.39 Å². The van der Waals surface area contributed by atoms with Gasteiger partial charge >= 0.3 is 0 Å². The van der Waals surface area contributed by atoms with Crippen molar-refractivity contribution in [2.75, 3.05) is 0 Å². The lowest BCUT2D eigenvalue weighted by atomic mass is 9.92. The maximum absolute atomic E-state index is 14.2. The minimum absolute atomic E-state index is 0.0322. The van der Waals surface area contributed by atoms with E-state index in [1.54, 1.807) is 0 Å². The number of halogens is 1. The first-order valence-electron chi connectivity index (χ1n) is 9.68. The molecule has 0 saturated carbocycles. The highest BCUT2D eigenvalue weighted by Gasteiger charge is 2.15. The van der Waals surface area contributed by atoms with Gasteiger partial charge in [-0.25, -0.2) is 9.37 Å². The Bertz CT molecular complexity index is 1150. The van der Waals surface area contributed by atoms with E-state index in [0.29, 0.717) is 12.0 Å². The molecule has 2 aromatic carbocycles. The van der Waals surface area contributed by atoms with Gasteiger partial charge in [0.05, 0.1) is 11.2 Å². The van der Waals surface area contributed by atoms with Crippen molar-refractivity contribution in [3.8, 4) is 11.3 Å². The molecule has 0 N–H and O–H groups in total. The summed E-state index contributed by atoms with van der Waals surface area (Å²) < 4.78 is 14.2. The molecule has 0 amide bonds. The second-order valence-corrected chi connectivity index (χ2v) is 7.60. The Kier molecular flexibility index (Phi) is 4.72. The van der Waals surface area contributed by atoms with Crippen LogP contribution in [0.4, 0.5) is 4.39 Å². The van der Waals surface area contributed by atoms with Crippen molar-refractivity contribution in [1.82, 2.24) is 4.98 Å². The van der Waals surface area contributed by atoms with Crippen molar-refractivity contribution >= 4 is 22.0 Å². The summed E-state index contributed by atoms with van der Waals surface area (Å²) >= 11 is 0. The second-order valence-electron chi connectivity index (χ2n) is 7.60. The van der Waals surface area contributed by atoms with Crippen LogP contribution in [0.2, 0.25) is 0 Å². The molecule has 0 saturated heterocycles. The molecule has 1 aliphatic rings. The van der Waals surface area contributed by atoms with Crippen LogP contribution in [0.3, 0.4) is 0 Å². The van der Waals surface area contributed by atoms with E-state index in [4.69, 9.17) is 4.98 Å². The number of aromatic nitrogens is 1. The quantitative estimate of drug-likeness (QED) is 0.463. The van der Waals surface area contributed by atoms with Crippen molar-refractivity contribution < 1.29 is 4.39 Å². The standard InChI is InChI=1S/C26H24FN/c1-16(2)25-18(4)26(28-24-14-9-17(3)15-22(24)25)20-12-10-19(11-13-20)21-7-5-6-8-23(21)27/h5,7,9-15H,1,6,8H2,2-4H3. The van der Waals surface area contributed by atoms with Crippen molar-refractivity contribution in [2.24, 2.45) is 0 Å². The zero-order valence-electron chi connectivity index (χ0n) is 16.6. The summed E-state index contributed by atoms with van der Waals surface area (Å²) in [7, 11) is 0. The Balaban J connectivity index is 1.85. The molecule has 0 bridgehead atoms. The average molecular weight is 369 g/mol. The summed E-state index contributed by atoms with van der Waals surface area (Å²) in [6.45, 7) is 10.4. The average Bonchev–Trinajstić information content (AvgIpc) is 2.68. The van der Waals surface area contributed by atoms with Crippen LogP contribution in [0, 0.1) is 13.8 Å². The molecule has 2 heteroatoms. The smallest absolute Gasteiger partial charge is 0.108 e. The number of allylic oxidation sites excluding steroid dienone is 5. The molecule has 0 atom stereocenters. The van der Waals surface area contributed by atoms with Crippen LogP contribution in [0.1, 0.15) is 42.0 Å². The highest BCUT2D eigenvalue weighted by Crippen LogP contribution is 2.35. The summed E-state index contributed by atoms with van der Waals surface area (Å²) in [6.07, 6.45) is 5.18. The zero-order chi connectivity index (χ0) is 19.8. The van der Waals surface area contributed by atoms with Crippen LogP contribution in [0.5, 0.6) is 0 Å². The third-order valence-corrected chi connectivity index (χ3v) is 5.39. The molecule has 1 aliphatic carbocycles. The third kappa shape index (κ3) is 3.20. The van der Waals surface area contributed by atoms with Crippen molar-refractivity contribution in [2.45, 2.75) is 33.6 Å². The summed E-state index contributed by atoms with van der Waals surface area (Å²) in [6, 6.07) is 14.4. The van der Waals surface area contributed by atoms with Gasteiger partial charge in [0.1, 0.15) is 5.83 Å². The van der Waals surface area contributed by atoms with Gasteiger partial charge in [-0.3, -0.25) is 0 Å². The minimum Gasteiger partial charge on any atom is -0.247 e. The SMILES string of the molecule is C=C(C)c1c(C)c(-c2ccc(C3=C(F)CCC=C3)cc2)nc2ccc(C)cc12. The van der Waals surface area contributed by atoms with E-state index < -0.39 is 0 Å². The summed E-state index contributed by atoms with van der Waals surface area (Å²) in [4.78, 5) is 4.95. The van der Waals surface area contributed by atoms with Crippen molar-refractivity contribution in [3.05, 3.63) is 89.3 Å². The number of benzene rings is 2. The Labute approximate surface area is 165 Å². The van der Waals surface area contributed by atoms with Gasteiger partial charge in [0.15, 0.2) is 0 Å².